The second-order valence-corrected chi connectivity index (χ2v) is 6.28. The minimum Gasteiger partial charge on any atom is -0.478 e. The lowest BCUT2D eigenvalue weighted by Crippen LogP contribution is -2.10. The number of aromatic carboxylic acids is 1. The fraction of sp³-hybridized carbons (Fsp3) is 0.333. The second-order valence-electron chi connectivity index (χ2n) is 4.27. The van der Waals surface area contributed by atoms with E-state index in [1.165, 1.54) is 29.6 Å². The van der Waals surface area contributed by atoms with Gasteiger partial charge in [0.15, 0.2) is 4.34 Å². The lowest BCUT2D eigenvalue weighted by Gasteiger charge is -2.16. The third kappa shape index (κ3) is 2.62. The zero-order chi connectivity index (χ0) is 13.2. The average molecular weight is 293 g/mol. The van der Waals surface area contributed by atoms with Gasteiger partial charge >= 0.3 is 5.97 Å². The number of aryl methyl sites for hydroxylation is 2. The van der Waals surface area contributed by atoms with Crippen molar-refractivity contribution >= 4 is 29.3 Å². The van der Waals surface area contributed by atoms with Gasteiger partial charge in [0.05, 0.1) is 5.56 Å². The fourth-order valence-corrected chi connectivity index (χ4v) is 3.61. The number of hydrogen-bond acceptors (Lipinski definition) is 6. The Balaban J connectivity index is 2.03. The highest BCUT2D eigenvalue weighted by Crippen LogP contribution is 2.32. The van der Waals surface area contributed by atoms with Crippen LogP contribution in [0.15, 0.2) is 21.8 Å². The van der Waals surface area contributed by atoms with Crippen molar-refractivity contribution in [3.63, 3.8) is 0 Å². The summed E-state index contributed by atoms with van der Waals surface area (Å²) in [6.45, 7) is 0. The van der Waals surface area contributed by atoms with Gasteiger partial charge in [-0.2, -0.15) is 4.37 Å². The standard InChI is InChI=1S/C12H11N3O2S2/c16-11(17)8-5-7-3-1-2-4-9(7)15-10(8)18-12-13-6-14-19-12/h5-6H,1-4H2,(H,16,17). The maximum atomic E-state index is 11.4. The van der Waals surface area contributed by atoms with Crippen molar-refractivity contribution in [1.82, 2.24) is 14.3 Å². The molecule has 0 atom stereocenters. The lowest BCUT2D eigenvalue weighted by molar-refractivity contribution is 0.0692. The van der Waals surface area contributed by atoms with Crippen molar-refractivity contribution in [2.24, 2.45) is 0 Å². The van der Waals surface area contributed by atoms with E-state index in [0.29, 0.717) is 9.37 Å². The van der Waals surface area contributed by atoms with Crippen LogP contribution in [-0.4, -0.2) is 25.4 Å². The Morgan fingerprint density at radius 1 is 1.37 bits per heavy atom. The van der Waals surface area contributed by atoms with Gasteiger partial charge in [0.2, 0.25) is 0 Å². The van der Waals surface area contributed by atoms with E-state index >= 15 is 0 Å². The molecule has 0 spiro atoms. The van der Waals surface area contributed by atoms with Gasteiger partial charge in [-0.05, 0) is 60.6 Å². The van der Waals surface area contributed by atoms with Crippen molar-refractivity contribution in [3.8, 4) is 0 Å². The van der Waals surface area contributed by atoms with E-state index in [1.807, 2.05) is 0 Å². The van der Waals surface area contributed by atoms with Crippen LogP contribution in [0.5, 0.6) is 0 Å². The number of carbonyl (C=O) groups is 1. The Bertz CT molecular complexity index is 614. The van der Waals surface area contributed by atoms with Gasteiger partial charge in [0.1, 0.15) is 11.4 Å². The molecule has 2 aromatic heterocycles. The van der Waals surface area contributed by atoms with Crippen LogP contribution < -0.4 is 0 Å². The SMILES string of the molecule is O=C(O)c1cc2c(nc1Sc1ncns1)CCCC2. The van der Waals surface area contributed by atoms with Gasteiger partial charge in [-0.1, -0.05) is 0 Å². The summed E-state index contributed by atoms with van der Waals surface area (Å²) in [6.07, 6.45) is 5.54. The minimum absolute atomic E-state index is 0.265. The Kier molecular flexibility index (Phi) is 3.48. The Morgan fingerprint density at radius 3 is 2.95 bits per heavy atom. The zero-order valence-corrected chi connectivity index (χ0v) is 11.6. The van der Waals surface area contributed by atoms with Gasteiger partial charge < -0.3 is 5.11 Å². The molecule has 1 aliphatic rings. The van der Waals surface area contributed by atoms with Crippen molar-refractivity contribution in [2.45, 2.75) is 35.0 Å². The van der Waals surface area contributed by atoms with Crippen molar-refractivity contribution < 1.29 is 9.90 Å². The predicted molar refractivity (Wildman–Crippen MR) is 71.9 cm³/mol. The molecule has 1 aliphatic carbocycles. The molecule has 0 saturated heterocycles. The van der Waals surface area contributed by atoms with Crippen molar-refractivity contribution in [2.75, 3.05) is 0 Å². The molecule has 0 amide bonds. The van der Waals surface area contributed by atoms with Crippen LogP contribution >= 0.6 is 23.3 Å². The monoisotopic (exact) mass is 293 g/mol. The normalized spacial score (nSPS) is 14.1. The molecule has 7 heteroatoms. The number of fused-ring (bicyclic) bond motifs is 1. The van der Waals surface area contributed by atoms with E-state index in [1.54, 1.807) is 6.07 Å². The molecule has 1 N–H and O–H groups in total. The first-order valence-electron chi connectivity index (χ1n) is 5.94. The summed E-state index contributed by atoms with van der Waals surface area (Å²) >= 11 is 2.52. The summed E-state index contributed by atoms with van der Waals surface area (Å²) in [5.74, 6) is -0.937. The largest absolute Gasteiger partial charge is 0.478 e. The molecule has 19 heavy (non-hydrogen) atoms. The molecule has 0 bridgehead atoms. The average Bonchev–Trinajstić information content (AvgIpc) is 2.90. The smallest absolute Gasteiger partial charge is 0.338 e. The molecule has 0 aliphatic heterocycles. The molecule has 0 radical (unpaired) electrons. The van der Waals surface area contributed by atoms with Crippen molar-refractivity contribution in [3.05, 3.63) is 29.2 Å². The maximum absolute atomic E-state index is 11.4. The number of nitrogens with zero attached hydrogens (tertiary/aromatic N) is 3. The van der Waals surface area contributed by atoms with E-state index < -0.39 is 5.97 Å². The van der Waals surface area contributed by atoms with Gasteiger partial charge in [-0.25, -0.2) is 14.8 Å². The fourth-order valence-electron chi connectivity index (χ4n) is 2.14. The molecule has 0 fully saturated rings. The Labute approximate surface area is 118 Å². The molecule has 98 valence electrons. The Morgan fingerprint density at radius 2 is 2.21 bits per heavy atom. The molecule has 5 nitrogen and oxygen atoms in total. The third-order valence-corrected chi connectivity index (χ3v) is 4.74. The molecule has 0 aromatic carbocycles. The molecule has 2 aromatic rings. The molecule has 0 saturated carbocycles. The molecular formula is C12H11N3O2S2. The van der Waals surface area contributed by atoms with E-state index in [9.17, 15) is 9.90 Å². The number of rotatable bonds is 3. The van der Waals surface area contributed by atoms with E-state index in [4.69, 9.17) is 0 Å². The summed E-state index contributed by atoms with van der Waals surface area (Å²) in [4.78, 5) is 19.9. The highest BCUT2D eigenvalue weighted by Gasteiger charge is 2.20. The maximum Gasteiger partial charge on any atom is 0.338 e. The van der Waals surface area contributed by atoms with E-state index in [2.05, 4.69) is 14.3 Å². The van der Waals surface area contributed by atoms with Crippen LogP contribution in [0.3, 0.4) is 0 Å². The predicted octanol–water partition coefficient (Wildman–Crippen LogP) is 2.66. The number of carboxylic acid groups (broad SMARTS) is 1. The zero-order valence-electron chi connectivity index (χ0n) is 10.00. The van der Waals surface area contributed by atoms with Gasteiger partial charge in [-0.3, -0.25) is 0 Å². The van der Waals surface area contributed by atoms with Crippen LogP contribution in [0.1, 0.15) is 34.5 Å². The summed E-state index contributed by atoms with van der Waals surface area (Å²) in [5.41, 5.74) is 2.37. The number of carboxylic acids is 1. The molecule has 2 heterocycles. The van der Waals surface area contributed by atoms with Crippen LogP contribution in [0.4, 0.5) is 0 Å². The summed E-state index contributed by atoms with van der Waals surface area (Å²) < 4.78 is 4.63. The first-order valence-corrected chi connectivity index (χ1v) is 7.53. The van der Waals surface area contributed by atoms with Gasteiger partial charge in [-0.15, -0.1) is 0 Å². The van der Waals surface area contributed by atoms with Crippen LogP contribution in [0.25, 0.3) is 0 Å². The minimum atomic E-state index is -0.937. The van der Waals surface area contributed by atoms with Crippen LogP contribution in [0.2, 0.25) is 0 Å². The summed E-state index contributed by atoms with van der Waals surface area (Å²) in [5, 5.41) is 9.83. The van der Waals surface area contributed by atoms with E-state index in [-0.39, 0.29) is 5.56 Å². The number of aromatic nitrogens is 3. The van der Waals surface area contributed by atoms with Crippen molar-refractivity contribution in [1.29, 1.82) is 0 Å². The second kappa shape index (κ2) is 5.26. The van der Waals surface area contributed by atoms with Gasteiger partial charge in [0, 0.05) is 5.69 Å². The van der Waals surface area contributed by atoms with Gasteiger partial charge in [0.25, 0.3) is 0 Å². The lowest BCUT2D eigenvalue weighted by atomic mass is 9.95. The van der Waals surface area contributed by atoms with Crippen LogP contribution in [-0.2, 0) is 12.8 Å². The number of pyridine rings is 1. The molecule has 0 unspecified atom stereocenters. The Hall–Kier alpha value is -1.47. The first-order chi connectivity index (χ1) is 9.24. The first kappa shape index (κ1) is 12.6. The summed E-state index contributed by atoms with van der Waals surface area (Å²) in [6, 6.07) is 1.77. The quantitative estimate of drug-likeness (QED) is 0.937. The molecule has 3 rings (SSSR count). The highest BCUT2D eigenvalue weighted by molar-refractivity contribution is 8.01. The number of hydrogen-bond donors (Lipinski definition) is 1. The topological polar surface area (TPSA) is 76.0 Å². The highest BCUT2D eigenvalue weighted by atomic mass is 32.2. The van der Waals surface area contributed by atoms with E-state index in [0.717, 1.165) is 36.9 Å². The molecular weight excluding hydrogens is 282 g/mol. The third-order valence-electron chi connectivity index (χ3n) is 3.02. The van der Waals surface area contributed by atoms with Crippen LogP contribution in [0, 0.1) is 0 Å². The summed E-state index contributed by atoms with van der Waals surface area (Å²) in [7, 11) is 0.